The highest BCUT2D eigenvalue weighted by Gasteiger charge is 2.30. The lowest BCUT2D eigenvalue weighted by Crippen LogP contribution is -2.24. The molecule has 0 aromatic heterocycles. The number of hydrogen-bond donors (Lipinski definition) is 0. The molecule has 1 saturated carbocycles. The van der Waals surface area contributed by atoms with E-state index < -0.39 is 0 Å². The highest BCUT2D eigenvalue weighted by molar-refractivity contribution is 4.82. The van der Waals surface area contributed by atoms with E-state index >= 15 is 0 Å². The van der Waals surface area contributed by atoms with E-state index in [4.69, 9.17) is 0 Å². The van der Waals surface area contributed by atoms with Crippen molar-refractivity contribution in [3.8, 4) is 0 Å². The van der Waals surface area contributed by atoms with Crippen LogP contribution in [0, 0.1) is 5.41 Å². The molecule has 0 N–H and O–H groups in total. The zero-order chi connectivity index (χ0) is 13.1. The van der Waals surface area contributed by atoms with Gasteiger partial charge in [-0.3, -0.25) is 0 Å². The summed E-state index contributed by atoms with van der Waals surface area (Å²) in [5, 5.41) is 0. The molecule has 0 unspecified atom stereocenters. The van der Waals surface area contributed by atoms with Gasteiger partial charge in [0.15, 0.2) is 0 Å². The Morgan fingerprint density at radius 1 is 0.611 bits per heavy atom. The second-order valence-electron chi connectivity index (χ2n) is 6.68. The first-order chi connectivity index (χ1) is 8.83. The molecule has 0 aliphatic heterocycles. The Hall–Kier alpha value is 0. The first kappa shape index (κ1) is 16.1. The Labute approximate surface area is 116 Å². The predicted molar refractivity (Wildman–Crippen MR) is 83.0 cm³/mol. The third kappa shape index (κ3) is 6.25. The quantitative estimate of drug-likeness (QED) is 0.372. The summed E-state index contributed by atoms with van der Waals surface area (Å²) in [7, 11) is 0. The van der Waals surface area contributed by atoms with Gasteiger partial charge in [0.25, 0.3) is 0 Å². The normalized spacial score (nSPS) is 19.0. The number of rotatable bonds is 10. The fraction of sp³-hybridized carbons (Fsp3) is 1.00. The monoisotopic (exact) mass is 252 g/mol. The lowest BCUT2D eigenvalue weighted by atomic mass is 9.68. The lowest BCUT2D eigenvalue weighted by Gasteiger charge is -2.38. The molecule has 0 saturated heterocycles. The van der Waals surface area contributed by atoms with E-state index in [1.165, 1.54) is 70.6 Å². The zero-order valence-corrected chi connectivity index (χ0v) is 13.1. The van der Waals surface area contributed by atoms with Gasteiger partial charge in [0.1, 0.15) is 0 Å². The number of hydrogen-bond acceptors (Lipinski definition) is 0. The highest BCUT2D eigenvalue weighted by atomic mass is 14.4. The van der Waals surface area contributed by atoms with Crippen molar-refractivity contribution in [2.24, 2.45) is 5.41 Å². The Bertz CT molecular complexity index is 162. The third-order valence-electron chi connectivity index (χ3n) is 5.04. The van der Waals surface area contributed by atoms with Gasteiger partial charge in [0.2, 0.25) is 0 Å². The summed E-state index contributed by atoms with van der Waals surface area (Å²) in [6.45, 7) is 4.64. The van der Waals surface area contributed by atoms with Crippen LogP contribution in [-0.4, -0.2) is 0 Å². The van der Waals surface area contributed by atoms with E-state index in [1.807, 2.05) is 0 Å². The Morgan fingerprint density at radius 2 is 1.11 bits per heavy atom. The second kappa shape index (κ2) is 9.87. The van der Waals surface area contributed by atoms with Gasteiger partial charge in [0.05, 0.1) is 0 Å². The fourth-order valence-electron chi connectivity index (χ4n) is 3.78. The minimum Gasteiger partial charge on any atom is -0.0654 e. The van der Waals surface area contributed by atoms with Crippen LogP contribution in [0.2, 0.25) is 0 Å². The van der Waals surface area contributed by atoms with Gasteiger partial charge in [0, 0.05) is 0 Å². The largest absolute Gasteiger partial charge is 0.0654 e. The molecule has 0 heterocycles. The van der Waals surface area contributed by atoms with Crippen molar-refractivity contribution in [1.29, 1.82) is 0 Å². The molecule has 1 rings (SSSR count). The van der Waals surface area contributed by atoms with E-state index in [0.717, 1.165) is 5.41 Å². The summed E-state index contributed by atoms with van der Waals surface area (Å²) in [4.78, 5) is 0. The average Bonchev–Trinajstić information content (AvgIpc) is 2.41. The zero-order valence-electron chi connectivity index (χ0n) is 13.1. The van der Waals surface area contributed by atoms with Crippen LogP contribution in [0.3, 0.4) is 0 Å². The van der Waals surface area contributed by atoms with E-state index in [-0.39, 0.29) is 0 Å². The Balaban J connectivity index is 2.27. The molecular formula is C18H36. The molecule has 1 aliphatic rings. The number of unbranched alkanes of at least 4 members (excludes halogenated alkanes) is 6. The van der Waals surface area contributed by atoms with Crippen molar-refractivity contribution in [2.75, 3.05) is 0 Å². The maximum atomic E-state index is 2.32. The molecule has 1 fully saturated rings. The van der Waals surface area contributed by atoms with Crippen LogP contribution in [0.4, 0.5) is 0 Å². The summed E-state index contributed by atoms with van der Waals surface area (Å²) >= 11 is 0. The van der Waals surface area contributed by atoms with Crippen LogP contribution >= 0.6 is 0 Å². The molecule has 0 amide bonds. The van der Waals surface area contributed by atoms with Gasteiger partial charge in [-0.05, 0) is 31.1 Å². The van der Waals surface area contributed by atoms with Crippen molar-refractivity contribution >= 4 is 0 Å². The first-order valence-corrected chi connectivity index (χ1v) is 8.83. The van der Waals surface area contributed by atoms with E-state index in [2.05, 4.69) is 13.8 Å². The average molecular weight is 252 g/mol. The Kier molecular flexibility index (Phi) is 8.80. The van der Waals surface area contributed by atoms with Crippen molar-refractivity contribution in [3.63, 3.8) is 0 Å². The van der Waals surface area contributed by atoms with Crippen LogP contribution < -0.4 is 0 Å². The van der Waals surface area contributed by atoms with Crippen LogP contribution in [0.15, 0.2) is 0 Å². The van der Waals surface area contributed by atoms with Crippen LogP contribution in [0.1, 0.15) is 110 Å². The predicted octanol–water partition coefficient (Wildman–Crippen LogP) is 6.88. The molecule has 0 heteroatoms. The standard InChI is InChI=1S/C18H36/c1-3-5-7-10-14-18(15-11-8-6-4-2)16-12-9-13-17-18/h3-17H2,1-2H3. The van der Waals surface area contributed by atoms with Gasteiger partial charge in [-0.25, -0.2) is 0 Å². The molecule has 0 bridgehead atoms. The minimum absolute atomic E-state index is 0.778. The SMILES string of the molecule is CCCCCCC1(CCCCCC)CCCCC1. The maximum Gasteiger partial charge on any atom is -0.0297 e. The topological polar surface area (TPSA) is 0 Å². The molecule has 0 aromatic rings. The minimum atomic E-state index is 0.778. The molecule has 0 radical (unpaired) electrons. The molecule has 0 spiro atoms. The van der Waals surface area contributed by atoms with Gasteiger partial charge < -0.3 is 0 Å². The molecule has 1 aliphatic carbocycles. The smallest absolute Gasteiger partial charge is 0.0297 e. The highest BCUT2D eigenvalue weighted by Crippen LogP contribution is 2.44. The maximum absolute atomic E-state index is 2.32. The van der Waals surface area contributed by atoms with Crippen molar-refractivity contribution in [2.45, 2.75) is 110 Å². The van der Waals surface area contributed by atoms with Crippen LogP contribution in [0.5, 0.6) is 0 Å². The summed E-state index contributed by atoms with van der Waals surface area (Å²) in [6.07, 6.45) is 22.3. The summed E-state index contributed by atoms with van der Waals surface area (Å²) in [6, 6.07) is 0. The van der Waals surface area contributed by atoms with E-state index in [0.29, 0.717) is 0 Å². The summed E-state index contributed by atoms with van der Waals surface area (Å²) < 4.78 is 0. The van der Waals surface area contributed by atoms with Gasteiger partial charge in [-0.1, -0.05) is 84.5 Å². The summed E-state index contributed by atoms with van der Waals surface area (Å²) in [5.74, 6) is 0. The second-order valence-corrected chi connectivity index (χ2v) is 6.68. The van der Waals surface area contributed by atoms with Crippen LogP contribution in [0.25, 0.3) is 0 Å². The molecular weight excluding hydrogens is 216 g/mol. The van der Waals surface area contributed by atoms with Crippen molar-refractivity contribution < 1.29 is 0 Å². The van der Waals surface area contributed by atoms with Crippen molar-refractivity contribution in [1.82, 2.24) is 0 Å². The third-order valence-corrected chi connectivity index (χ3v) is 5.04. The first-order valence-electron chi connectivity index (χ1n) is 8.83. The molecule has 18 heavy (non-hydrogen) atoms. The van der Waals surface area contributed by atoms with Gasteiger partial charge >= 0.3 is 0 Å². The van der Waals surface area contributed by atoms with Gasteiger partial charge in [-0.2, -0.15) is 0 Å². The molecule has 0 nitrogen and oxygen atoms in total. The molecule has 0 aromatic carbocycles. The van der Waals surface area contributed by atoms with E-state index in [1.54, 1.807) is 25.7 Å². The Morgan fingerprint density at radius 3 is 1.56 bits per heavy atom. The van der Waals surface area contributed by atoms with Gasteiger partial charge in [-0.15, -0.1) is 0 Å². The molecule has 0 atom stereocenters. The molecule has 108 valence electrons. The fourth-order valence-corrected chi connectivity index (χ4v) is 3.78. The summed E-state index contributed by atoms with van der Waals surface area (Å²) in [5.41, 5.74) is 0.778. The van der Waals surface area contributed by atoms with Crippen LogP contribution in [-0.2, 0) is 0 Å². The lowest BCUT2D eigenvalue weighted by molar-refractivity contribution is 0.146. The van der Waals surface area contributed by atoms with Crippen molar-refractivity contribution in [3.05, 3.63) is 0 Å². The van der Waals surface area contributed by atoms with E-state index in [9.17, 15) is 0 Å².